The predicted molar refractivity (Wildman–Crippen MR) is 318 cm³/mol. The van der Waals surface area contributed by atoms with E-state index in [1.807, 2.05) is 0 Å². The third-order valence-electron chi connectivity index (χ3n) is 17.1. The summed E-state index contributed by atoms with van der Waals surface area (Å²) in [7, 11) is 0. The second kappa shape index (κ2) is 16.7. The van der Waals surface area contributed by atoms with Crippen molar-refractivity contribution in [2.45, 2.75) is 12.8 Å². The molecule has 0 bridgehead atoms. The van der Waals surface area contributed by atoms with Crippen LogP contribution in [0.2, 0.25) is 0 Å². The van der Waals surface area contributed by atoms with E-state index in [9.17, 15) is 0 Å². The zero-order chi connectivity index (χ0) is 49.9. The second-order valence-electron chi connectivity index (χ2n) is 21.0. The van der Waals surface area contributed by atoms with Gasteiger partial charge in [-0.2, -0.15) is 0 Å². The Morgan fingerprint density at radius 1 is 0.329 bits per heavy atom. The Morgan fingerprint density at radius 3 is 1.20 bits per heavy atom. The minimum absolute atomic E-state index is 0.754. The maximum atomic E-state index is 2.85. The van der Waals surface area contributed by atoms with Gasteiger partial charge in [-0.15, -0.1) is 0 Å². The molecule has 0 saturated carbocycles. The van der Waals surface area contributed by atoms with Crippen LogP contribution < -0.4 is 4.90 Å². The minimum atomic E-state index is -0.754. The van der Waals surface area contributed by atoms with Crippen molar-refractivity contribution in [2.24, 2.45) is 5.41 Å². The fourth-order valence-corrected chi connectivity index (χ4v) is 13.9. The highest BCUT2D eigenvalue weighted by molar-refractivity contribution is 6.12. The highest BCUT2D eigenvalue weighted by atomic mass is 15.2. The van der Waals surface area contributed by atoms with Crippen LogP contribution in [0, 0.1) is 5.41 Å². The van der Waals surface area contributed by atoms with E-state index in [0.717, 1.165) is 12.8 Å². The Bertz CT molecular complexity index is 4090. The first-order valence-electron chi connectivity index (χ1n) is 26.8. The summed E-state index contributed by atoms with van der Waals surface area (Å²) in [5.41, 5.74) is 33.3. The van der Waals surface area contributed by atoms with Crippen molar-refractivity contribution in [1.82, 2.24) is 0 Å². The van der Waals surface area contributed by atoms with Gasteiger partial charge in [-0.25, -0.2) is 0 Å². The molecule has 16 rings (SSSR count). The molecule has 76 heavy (non-hydrogen) atoms. The standard InChI is InChI=1S/C75H49N/c1-5-22-48(23-6-1)62-46-64-58-36-19-13-30-52(58)42-66(64)73(71(62)50-26-9-3-10-27-50)76(74-67-43-53-31-14-20-37-59(53)65(67)47-63(49-24-7-2-8-25-49)72(74)51-28-11-4-12-29-51)70-40-39-61-57-35-18-16-33-55(57)45-69(61)75(70)41-21-38-60-56-34-17-15-32-54(56)44-68(60)75/h1-41,44-47H,42-43H2. The average Bonchev–Trinajstić information content (AvgIpc) is 4.29. The highest BCUT2D eigenvalue weighted by Gasteiger charge is 2.52. The SMILES string of the molecule is C1=CC2(C3=Cc4ccccc4C3=C1)C1=Cc3ccccc3C1=CC=C2N(c1c2c(cc(-c3ccccc3)c1-c1ccccc1)-c1ccccc1C2)c1c2c(cc(-c3ccccc3)c1-c1ccccc1)-c1ccccc1C2. The van der Waals surface area contributed by atoms with Crippen LogP contribution in [0.3, 0.4) is 0 Å². The van der Waals surface area contributed by atoms with Crippen LogP contribution in [-0.4, -0.2) is 0 Å². The predicted octanol–water partition coefficient (Wildman–Crippen LogP) is 19.0. The van der Waals surface area contributed by atoms with E-state index in [1.54, 1.807) is 0 Å². The fourth-order valence-electron chi connectivity index (χ4n) is 13.9. The van der Waals surface area contributed by atoms with E-state index in [1.165, 1.54) is 151 Å². The van der Waals surface area contributed by atoms with E-state index in [4.69, 9.17) is 0 Å². The lowest BCUT2D eigenvalue weighted by Crippen LogP contribution is -2.38. The van der Waals surface area contributed by atoms with Gasteiger partial charge in [-0.1, -0.05) is 243 Å². The van der Waals surface area contributed by atoms with Gasteiger partial charge in [0.25, 0.3) is 0 Å². The number of allylic oxidation sites excluding steroid dienone is 7. The Balaban J connectivity index is 1.14. The molecule has 6 aliphatic carbocycles. The summed E-state index contributed by atoms with van der Waals surface area (Å²) >= 11 is 0. The number of hydrogen-bond donors (Lipinski definition) is 0. The van der Waals surface area contributed by atoms with Crippen molar-refractivity contribution in [3.63, 3.8) is 0 Å². The van der Waals surface area contributed by atoms with Crippen LogP contribution in [0.1, 0.15) is 44.5 Å². The van der Waals surface area contributed by atoms with E-state index in [0.29, 0.717) is 0 Å². The lowest BCUT2D eigenvalue weighted by Gasteiger charge is -2.48. The Labute approximate surface area is 444 Å². The smallest absolute Gasteiger partial charge is 0.0803 e. The quantitative estimate of drug-likeness (QED) is 0.154. The maximum absolute atomic E-state index is 2.85. The van der Waals surface area contributed by atoms with Gasteiger partial charge in [0.2, 0.25) is 0 Å². The zero-order valence-corrected chi connectivity index (χ0v) is 41.8. The Morgan fingerprint density at radius 2 is 0.724 bits per heavy atom. The minimum Gasteiger partial charge on any atom is -0.311 e. The third-order valence-corrected chi connectivity index (χ3v) is 17.1. The summed E-state index contributed by atoms with van der Waals surface area (Å²) in [4.78, 5) is 2.85. The van der Waals surface area contributed by atoms with Crippen LogP contribution in [-0.2, 0) is 12.8 Å². The molecule has 354 valence electrons. The van der Waals surface area contributed by atoms with Gasteiger partial charge < -0.3 is 4.90 Å². The molecule has 0 heterocycles. The fraction of sp³-hybridized carbons (Fsp3) is 0.0400. The highest BCUT2D eigenvalue weighted by Crippen LogP contribution is 2.66. The third kappa shape index (κ3) is 6.21. The summed E-state index contributed by atoms with van der Waals surface area (Å²) in [5.74, 6) is 0. The molecular weight excluding hydrogens is 915 g/mol. The molecule has 0 amide bonds. The Hall–Kier alpha value is -9.56. The number of anilines is 2. The summed E-state index contributed by atoms with van der Waals surface area (Å²) in [6, 6.07) is 86.2. The molecule has 0 N–H and O–H groups in total. The van der Waals surface area contributed by atoms with Crippen LogP contribution in [0.4, 0.5) is 11.4 Å². The normalized spacial score (nSPS) is 16.4. The summed E-state index contributed by atoms with van der Waals surface area (Å²) < 4.78 is 0. The van der Waals surface area contributed by atoms with Crippen molar-refractivity contribution in [2.75, 3.05) is 4.90 Å². The van der Waals surface area contributed by atoms with Crippen molar-refractivity contribution in [3.8, 4) is 66.8 Å². The molecule has 0 aromatic heterocycles. The lowest BCUT2D eigenvalue weighted by molar-refractivity contribution is 0.676. The molecule has 1 nitrogen and oxygen atoms in total. The molecule has 1 heteroatoms. The first kappa shape index (κ1) is 42.9. The van der Waals surface area contributed by atoms with Crippen LogP contribution in [0.5, 0.6) is 0 Å². The molecule has 10 aromatic rings. The molecule has 0 aliphatic heterocycles. The average molecular weight is 964 g/mol. The van der Waals surface area contributed by atoms with E-state index in [-0.39, 0.29) is 0 Å². The van der Waals surface area contributed by atoms with E-state index < -0.39 is 5.41 Å². The molecule has 1 atom stereocenters. The van der Waals surface area contributed by atoms with Crippen molar-refractivity contribution < 1.29 is 0 Å². The van der Waals surface area contributed by atoms with Crippen LogP contribution in [0.25, 0.3) is 90.1 Å². The topological polar surface area (TPSA) is 3.24 Å². The van der Waals surface area contributed by atoms with Crippen molar-refractivity contribution in [3.05, 3.63) is 322 Å². The molecule has 0 saturated heterocycles. The van der Waals surface area contributed by atoms with Crippen molar-refractivity contribution in [1.29, 1.82) is 0 Å². The molecule has 1 spiro atoms. The largest absolute Gasteiger partial charge is 0.311 e. The van der Waals surface area contributed by atoms with Crippen LogP contribution in [0.15, 0.2) is 278 Å². The van der Waals surface area contributed by atoms with Crippen molar-refractivity contribution >= 4 is 34.7 Å². The number of rotatable bonds is 7. The van der Waals surface area contributed by atoms with E-state index in [2.05, 4.69) is 278 Å². The zero-order valence-electron chi connectivity index (χ0n) is 41.8. The molecule has 10 aromatic carbocycles. The molecule has 0 fully saturated rings. The van der Waals surface area contributed by atoms with Gasteiger partial charge in [0, 0.05) is 29.7 Å². The summed E-state index contributed by atoms with van der Waals surface area (Å²) in [6.07, 6.45) is 18.9. The second-order valence-corrected chi connectivity index (χ2v) is 21.0. The summed E-state index contributed by atoms with van der Waals surface area (Å²) in [5, 5.41) is 0. The molecular formula is C75H49N. The van der Waals surface area contributed by atoms with Gasteiger partial charge in [0.15, 0.2) is 0 Å². The van der Waals surface area contributed by atoms with Crippen LogP contribution >= 0.6 is 0 Å². The number of nitrogens with zero attached hydrogens (tertiary/aromatic N) is 1. The summed E-state index contributed by atoms with van der Waals surface area (Å²) in [6.45, 7) is 0. The maximum Gasteiger partial charge on any atom is 0.0803 e. The van der Waals surface area contributed by atoms with Gasteiger partial charge in [-0.05, 0) is 153 Å². The molecule has 1 unspecified atom stereocenters. The van der Waals surface area contributed by atoms with Gasteiger partial charge in [0.1, 0.15) is 0 Å². The van der Waals surface area contributed by atoms with Gasteiger partial charge >= 0.3 is 0 Å². The number of hydrogen-bond acceptors (Lipinski definition) is 1. The monoisotopic (exact) mass is 963 g/mol. The first-order chi connectivity index (χ1) is 37.7. The van der Waals surface area contributed by atoms with Gasteiger partial charge in [0.05, 0.1) is 16.8 Å². The molecule has 0 radical (unpaired) electrons. The number of benzene rings is 10. The Kier molecular flexibility index (Phi) is 9.44. The van der Waals surface area contributed by atoms with Gasteiger partial charge in [-0.3, -0.25) is 0 Å². The number of fused-ring (bicyclic) bond motifs is 14. The molecule has 6 aliphatic rings. The lowest BCUT2D eigenvalue weighted by atomic mass is 9.62. The first-order valence-corrected chi connectivity index (χ1v) is 26.8. The van der Waals surface area contributed by atoms with E-state index >= 15 is 0 Å².